The highest BCUT2D eigenvalue weighted by Crippen LogP contribution is 2.64. The molecular formula is C19H21NO8. The van der Waals surface area contributed by atoms with E-state index in [9.17, 15) is 24.6 Å². The van der Waals surface area contributed by atoms with Gasteiger partial charge in [-0.1, -0.05) is 13.3 Å². The molecule has 0 aromatic heterocycles. The van der Waals surface area contributed by atoms with Crippen molar-refractivity contribution in [3.8, 4) is 11.5 Å². The SMILES string of the molecule is CCC[C@H]1O[C@H](C(O)C(N)=O)C[C@]23O[C@]12C(=O)c1c(O)cc(OC)cc1C3=O. The average molecular weight is 391 g/mol. The number of hydrogen-bond acceptors (Lipinski definition) is 8. The molecule has 28 heavy (non-hydrogen) atoms. The van der Waals surface area contributed by atoms with Crippen LogP contribution in [0.15, 0.2) is 12.1 Å². The number of rotatable bonds is 5. The molecule has 0 saturated carbocycles. The van der Waals surface area contributed by atoms with E-state index >= 15 is 0 Å². The Labute approximate surface area is 160 Å². The van der Waals surface area contributed by atoms with Gasteiger partial charge in [0.05, 0.1) is 24.9 Å². The molecule has 3 aliphatic rings. The number of methoxy groups -OCH3 is 1. The predicted octanol–water partition coefficient (Wildman–Crippen LogP) is 0.0914. The molecule has 0 spiro atoms. The van der Waals surface area contributed by atoms with Gasteiger partial charge in [-0.05, 0) is 12.5 Å². The molecule has 1 unspecified atom stereocenters. The molecule has 9 nitrogen and oxygen atoms in total. The van der Waals surface area contributed by atoms with E-state index in [1.54, 1.807) is 0 Å². The fraction of sp³-hybridized carbons (Fsp3) is 0.526. The summed E-state index contributed by atoms with van der Waals surface area (Å²) in [6.07, 6.45) is -2.82. The van der Waals surface area contributed by atoms with Crippen molar-refractivity contribution >= 4 is 17.5 Å². The Morgan fingerprint density at radius 2 is 2.11 bits per heavy atom. The van der Waals surface area contributed by atoms with E-state index in [0.717, 1.165) is 0 Å². The van der Waals surface area contributed by atoms with E-state index < -0.39 is 47.0 Å². The highest BCUT2D eigenvalue weighted by atomic mass is 16.7. The molecule has 1 aromatic rings. The largest absolute Gasteiger partial charge is 0.507 e. The monoisotopic (exact) mass is 391 g/mol. The number of primary amides is 1. The van der Waals surface area contributed by atoms with Crippen molar-refractivity contribution in [3.05, 3.63) is 23.3 Å². The first-order valence-corrected chi connectivity index (χ1v) is 9.07. The Morgan fingerprint density at radius 1 is 1.39 bits per heavy atom. The fourth-order valence-corrected chi connectivity index (χ4v) is 4.53. The van der Waals surface area contributed by atoms with Crippen LogP contribution in [0.3, 0.4) is 0 Å². The van der Waals surface area contributed by atoms with Crippen molar-refractivity contribution in [3.63, 3.8) is 0 Å². The molecule has 0 bridgehead atoms. The van der Waals surface area contributed by atoms with Gasteiger partial charge in [0.15, 0.2) is 23.1 Å². The first-order chi connectivity index (χ1) is 13.2. The number of ether oxygens (including phenoxy) is 3. The van der Waals surface area contributed by atoms with E-state index in [0.29, 0.717) is 12.8 Å². The summed E-state index contributed by atoms with van der Waals surface area (Å²) in [5, 5.41) is 20.5. The van der Waals surface area contributed by atoms with Crippen LogP contribution in [0, 0.1) is 0 Å². The molecular weight excluding hydrogens is 370 g/mol. The number of carbonyl (C=O) groups is 3. The smallest absolute Gasteiger partial charge is 0.248 e. The lowest BCUT2D eigenvalue weighted by atomic mass is 9.67. The van der Waals surface area contributed by atoms with Crippen LogP contribution in [0.2, 0.25) is 0 Å². The first-order valence-electron chi connectivity index (χ1n) is 9.07. The summed E-state index contributed by atoms with van der Waals surface area (Å²) in [5.41, 5.74) is 1.92. The molecule has 5 atom stereocenters. The second-order valence-electron chi connectivity index (χ2n) is 7.40. The number of phenols is 1. The molecule has 9 heteroatoms. The summed E-state index contributed by atoms with van der Waals surface area (Å²) in [7, 11) is 1.37. The van der Waals surface area contributed by atoms with Crippen LogP contribution in [0.25, 0.3) is 0 Å². The van der Waals surface area contributed by atoms with E-state index in [4.69, 9.17) is 19.9 Å². The van der Waals surface area contributed by atoms with Gasteiger partial charge in [0.1, 0.15) is 11.5 Å². The number of hydrogen-bond donors (Lipinski definition) is 3. The minimum atomic E-state index is -1.64. The van der Waals surface area contributed by atoms with Crippen LogP contribution in [0.4, 0.5) is 0 Å². The van der Waals surface area contributed by atoms with Crippen LogP contribution in [-0.4, -0.2) is 64.3 Å². The number of aliphatic hydroxyl groups is 1. The van der Waals surface area contributed by atoms with Crippen LogP contribution in [0.5, 0.6) is 11.5 Å². The van der Waals surface area contributed by atoms with Crippen molar-refractivity contribution in [2.45, 2.75) is 55.7 Å². The number of aliphatic hydroxyl groups excluding tert-OH is 1. The zero-order valence-electron chi connectivity index (χ0n) is 15.4. The summed E-state index contributed by atoms with van der Waals surface area (Å²) in [6, 6.07) is 2.63. The molecule has 0 radical (unpaired) electrons. The number of fused-ring (bicyclic) bond motifs is 1. The van der Waals surface area contributed by atoms with Gasteiger partial charge in [0.25, 0.3) is 0 Å². The second-order valence-corrected chi connectivity index (χ2v) is 7.40. The lowest BCUT2D eigenvalue weighted by Crippen LogP contribution is -2.60. The number of carbonyl (C=O) groups excluding carboxylic acids is 3. The minimum absolute atomic E-state index is 0.0144. The zero-order valence-corrected chi connectivity index (χ0v) is 15.4. The van der Waals surface area contributed by atoms with Gasteiger partial charge in [-0.2, -0.15) is 0 Å². The molecule has 150 valence electrons. The Bertz CT molecular complexity index is 898. The lowest BCUT2D eigenvalue weighted by molar-refractivity contribution is -0.146. The highest BCUT2D eigenvalue weighted by Gasteiger charge is 2.86. The van der Waals surface area contributed by atoms with Gasteiger partial charge < -0.3 is 30.2 Å². The van der Waals surface area contributed by atoms with Crippen molar-refractivity contribution < 1.29 is 38.8 Å². The third kappa shape index (κ3) is 2.15. The molecule has 2 aliphatic heterocycles. The van der Waals surface area contributed by atoms with E-state index in [-0.39, 0.29) is 29.0 Å². The molecule has 2 fully saturated rings. The van der Waals surface area contributed by atoms with Gasteiger partial charge in [-0.3, -0.25) is 14.4 Å². The van der Waals surface area contributed by atoms with Crippen molar-refractivity contribution in [2.24, 2.45) is 5.73 Å². The molecule has 4 rings (SSSR count). The van der Waals surface area contributed by atoms with E-state index in [1.807, 2.05) is 6.92 Å². The summed E-state index contributed by atoms with van der Waals surface area (Å²) in [5.74, 6) is -2.21. The molecule has 2 heterocycles. The number of epoxide rings is 1. The number of Topliss-reactive ketones (excluding diaryl/α,β-unsaturated/α-hetero) is 2. The van der Waals surface area contributed by atoms with Crippen LogP contribution in [-0.2, 0) is 14.3 Å². The molecule has 1 aromatic carbocycles. The number of amides is 1. The molecule has 4 N–H and O–H groups in total. The van der Waals surface area contributed by atoms with Crippen LogP contribution >= 0.6 is 0 Å². The van der Waals surface area contributed by atoms with E-state index in [2.05, 4.69) is 0 Å². The number of benzene rings is 1. The van der Waals surface area contributed by atoms with Gasteiger partial charge in [0, 0.05) is 18.1 Å². The van der Waals surface area contributed by atoms with E-state index in [1.165, 1.54) is 19.2 Å². The number of ketones is 2. The quantitative estimate of drug-likeness (QED) is 0.598. The highest BCUT2D eigenvalue weighted by molar-refractivity contribution is 6.26. The van der Waals surface area contributed by atoms with Gasteiger partial charge in [-0.25, -0.2) is 0 Å². The summed E-state index contributed by atoms with van der Waals surface area (Å²) in [4.78, 5) is 38.2. The predicted molar refractivity (Wildman–Crippen MR) is 93.3 cm³/mol. The van der Waals surface area contributed by atoms with Crippen molar-refractivity contribution in [2.75, 3.05) is 7.11 Å². The first kappa shape index (κ1) is 18.9. The van der Waals surface area contributed by atoms with Gasteiger partial charge in [-0.15, -0.1) is 0 Å². The Morgan fingerprint density at radius 3 is 2.71 bits per heavy atom. The number of phenolic OH excluding ortho intramolecular Hbond substituents is 1. The molecule has 1 aliphatic carbocycles. The Kier molecular flexibility index (Phi) is 4.04. The standard InChI is InChI=1S/C19H21NO8/c1-3-4-12-19-16(24)13-9(5-8(26-2)6-10(13)21)15(23)18(19,28-19)7-11(27-12)14(22)17(20)25/h5-6,11-12,14,21-22H,3-4,7H2,1-2H3,(H2,20,25)/t11-,12+,14?,18+,19-/m0/s1. The maximum atomic E-state index is 13.4. The Balaban J connectivity index is 1.86. The topological polar surface area (TPSA) is 149 Å². The summed E-state index contributed by atoms with van der Waals surface area (Å²) >= 11 is 0. The maximum absolute atomic E-state index is 13.4. The van der Waals surface area contributed by atoms with Gasteiger partial charge in [0.2, 0.25) is 11.7 Å². The normalized spacial score (nSPS) is 34.1. The average Bonchev–Trinajstić information content (AvgIpc) is 3.37. The minimum Gasteiger partial charge on any atom is -0.507 e. The second kappa shape index (κ2) is 6.00. The summed E-state index contributed by atoms with van der Waals surface area (Å²) < 4.78 is 16.7. The third-order valence-electron chi connectivity index (χ3n) is 5.87. The zero-order chi connectivity index (χ0) is 20.4. The van der Waals surface area contributed by atoms with Crippen LogP contribution < -0.4 is 10.5 Å². The van der Waals surface area contributed by atoms with Crippen LogP contribution in [0.1, 0.15) is 46.9 Å². The molecule has 2 saturated heterocycles. The number of aromatic hydroxyl groups is 1. The third-order valence-corrected chi connectivity index (χ3v) is 5.87. The lowest BCUT2D eigenvalue weighted by Gasteiger charge is -2.39. The Hall–Kier alpha value is -2.49. The summed E-state index contributed by atoms with van der Waals surface area (Å²) in [6.45, 7) is 1.86. The number of nitrogens with two attached hydrogens (primary N) is 1. The maximum Gasteiger partial charge on any atom is 0.248 e. The molecule has 1 amide bonds. The van der Waals surface area contributed by atoms with Crippen molar-refractivity contribution in [1.82, 2.24) is 0 Å². The van der Waals surface area contributed by atoms with Gasteiger partial charge >= 0.3 is 0 Å². The fourth-order valence-electron chi connectivity index (χ4n) is 4.53. The van der Waals surface area contributed by atoms with Crippen molar-refractivity contribution in [1.29, 1.82) is 0 Å².